The van der Waals surface area contributed by atoms with Crippen molar-refractivity contribution in [3.63, 3.8) is 0 Å². The maximum absolute atomic E-state index is 13.4. The third-order valence-corrected chi connectivity index (χ3v) is 2.92. The molecule has 0 bridgehead atoms. The third kappa shape index (κ3) is 3.34. The van der Waals surface area contributed by atoms with E-state index >= 15 is 0 Å². The van der Waals surface area contributed by atoms with Gasteiger partial charge in [0.15, 0.2) is 6.10 Å². The minimum Gasteiger partial charge on any atom is -0.450 e. The standard InChI is InChI=1S/C13H12F6O3/c1-8(12(14,15)16)22-10(20)11(21-2,13(17,18)19)9-6-4-3-5-7-9/h3-8H,1-2H3/t8-,11+/m1/s1. The number of ether oxygens (including phenoxy) is 2. The highest BCUT2D eigenvalue weighted by atomic mass is 19.4. The van der Waals surface area contributed by atoms with Crippen LogP contribution in [0, 0.1) is 0 Å². The van der Waals surface area contributed by atoms with E-state index in [0.29, 0.717) is 14.0 Å². The average molecular weight is 330 g/mol. The monoisotopic (exact) mass is 330 g/mol. The van der Waals surface area contributed by atoms with Gasteiger partial charge < -0.3 is 9.47 Å². The maximum Gasteiger partial charge on any atom is 0.432 e. The number of carbonyl (C=O) groups excluding carboxylic acids is 1. The summed E-state index contributed by atoms with van der Waals surface area (Å²) in [6, 6.07) is 5.58. The number of benzene rings is 1. The number of hydrogen-bond donors (Lipinski definition) is 0. The zero-order valence-electron chi connectivity index (χ0n) is 11.5. The van der Waals surface area contributed by atoms with E-state index in [1.54, 1.807) is 0 Å². The first kappa shape index (κ1) is 18.3. The van der Waals surface area contributed by atoms with Crippen LogP contribution in [-0.4, -0.2) is 31.5 Å². The molecule has 0 unspecified atom stereocenters. The van der Waals surface area contributed by atoms with Crippen LogP contribution in [0.2, 0.25) is 0 Å². The average Bonchev–Trinajstić information content (AvgIpc) is 2.38. The van der Waals surface area contributed by atoms with Crippen LogP contribution in [-0.2, 0) is 19.9 Å². The van der Waals surface area contributed by atoms with Crippen LogP contribution in [0.1, 0.15) is 12.5 Å². The molecule has 0 aliphatic rings. The normalized spacial score (nSPS) is 16.7. The van der Waals surface area contributed by atoms with Gasteiger partial charge in [0.2, 0.25) is 0 Å². The van der Waals surface area contributed by atoms with Gasteiger partial charge in [0.25, 0.3) is 5.60 Å². The molecule has 0 heterocycles. The molecule has 1 rings (SSSR count). The smallest absolute Gasteiger partial charge is 0.432 e. The van der Waals surface area contributed by atoms with Crippen LogP contribution in [0.15, 0.2) is 30.3 Å². The predicted molar refractivity (Wildman–Crippen MR) is 62.8 cm³/mol. The zero-order valence-corrected chi connectivity index (χ0v) is 11.5. The van der Waals surface area contributed by atoms with E-state index in [1.807, 2.05) is 0 Å². The van der Waals surface area contributed by atoms with Crippen LogP contribution in [0.5, 0.6) is 0 Å². The molecule has 9 heteroatoms. The lowest BCUT2D eigenvalue weighted by Crippen LogP contribution is -2.53. The molecular formula is C13H12F6O3. The minimum absolute atomic E-state index is 0.430. The fourth-order valence-corrected chi connectivity index (χ4v) is 1.70. The zero-order chi connectivity index (χ0) is 17.2. The topological polar surface area (TPSA) is 35.5 Å². The molecule has 0 aliphatic carbocycles. The second kappa shape index (κ2) is 6.15. The highest BCUT2D eigenvalue weighted by Crippen LogP contribution is 2.43. The second-order valence-electron chi connectivity index (χ2n) is 4.34. The molecule has 0 spiro atoms. The molecule has 2 atom stereocenters. The fraction of sp³-hybridized carbons (Fsp3) is 0.462. The van der Waals surface area contributed by atoms with E-state index in [9.17, 15) is 31.1 Å². The Labute approximate surface area is 121 Å². The Morgan fingerprint density at radius 3 is 1.91 bits per heavy atom. The van der Waals surface area contributed by atoms with Crippen LogP contribution in [0.4, 0.5) is 26.3 Å². The molecule has 124 valence electrons. The van der Waals surface area contributed by atoms with Crippen LogP contribution in [0.25, 0.3) is 0 Å². The lowest BCUT2D eigenvalue weighted by atomic mass is 9.92. The van der Waals surface area contributed by atoms with Gasteiger partial charge in [-0.05, 0) is 6.92 Å². The molecule has 0 fully saturated rings. The molecular weight excluding hydrogens is 318 g/mol. The second-order valence-corrected chi connectivity index (χ2v) is 4.34. The van der Waals surface area contributed by atoms with E-state index in [0.717, 1.165) is 12.1 Å². The SMILES string of the molecule is CO[C@](C(=O)O[C@H](C)C(F)(F)F)(c1ccccc1)C(F)(F)F. The summed E-state index contributed by atoms with van der Waals surface area (Å²) in [5, 5.41) is 0. The predicted octanol–water partition coefficient (Wildman–Crippen LogP) is 3.58. The number of halogens is 6. The van der Waals surface area contributed by atoms with E-state index in [4.69, 9.17) is 0 Å². The largest absolute Gasteiger partial charge is 0.450 e. The third-order valence-electron chi connectivity index (χ3n) is 2.92. The Balaban J connectivity index is 3.31. The van der Waals surface area contributed by atoms with Gasteiger partial charge >= 0.3 is 18.3 Å². The maximum atomic E-state index is 13.4. The molecule has 0 radical (unpaired) electrons. The molecule has 0 amide bonds. The summed E-state index contributed by atoms with van der Waals surface area (Å²) in [4.78, 5) is 11.8. The lowest BCUT2D eigenvalue weighted by molar-refractivity contribution is -0.287. The lowest BCUT2D eigenvalue weighted by Gasteiger charge is -2.33. The van der Waals surface area contributed by atoms with Crippen molar-refractivity contribution < 1.29 is 40.6 Å². The summed E-state index contributed by atoms with van der Waals surface area (Å²) >= 11 is 0. The molecule has 3 nitrogen and oxygen atoms in total. The molecule has 0 aliphatic heterocycles. The van der Waals surface area contributed by atoms with Crippen molar-refractivity contribution in [2.24, 2.45) is 0 Å². The van der Waals surface area contributed by atoms with Crippen LogP contribution < -0.4 is 0 Å². The summed E-state index contributed by atoms with van der Waals surface area (Å²) in [7, 11) is 0.569. The van der Waals surface area contributed by atoms with Gasteiger partial charge in [-0.3, -0.25) is 0 Å². The first-order chi connectivity index (χ1) is 9.96. The highest BCUT2D eigenvalue weighted by molar-refractivity contribution is 5.82. The van der Waals surface area contributed by atoms with Gasteiger partial charge in [0.05, 0.1) is 0 Å². The molecule has 1 aromatic rings. The number of esters is 1. The van der Waals surface area contributed by atoms with Gasteiger partial charge in [0, 0.05) is 12.7 Å². The van der Waals surface area contributed by atoms with E-state index in [-0.39, 0.29) is 0 Å². The summed E-state index contributed by atoms with van der Waals surface area (Å²) in [5.74, 6) is -2.18. The number of alkyl halides is 6. The van der Waals surface area contributed by atoms with Crippen molar-refractivity contribution in [1.82, 2.24) is 0 Å². The van der Waals surface area contributed by atoms with Gasteiger partial charge in [-0.25, -0.2) is 4.79 Å². The van der Waals surface area contributed by atoms with Gasteiger partial charge in [-0.2, -0.15) is 26.3 Å². The van der Waals surface area contributed by atoms with Crippen LogP contribution in [0.3, 0.4) is 0 Å². The molecule has 22 heavy (non-hydrogen) atoms. The Hall–Kier alpha value is -1.77. The summed E-state index contributed by atoms with van der Waals surface area (Å²) in [6.07, 6.45) is -13.0. The Kier molecular flexibility index (Phi) is 5.11. The van der Waals surface area contributed by atoms with Crippen molar-refractivity contribution in [1.29, 1.82) is 0 Å². The molecule has 0 saturated heterocycles. The number of hydrogen-bond acceptors (Lipinski definition) is 3. The number of carbonyl (C=O) groups is 1. The molecule has 0 saturated carbocycles. The Bertz CT molecular complexity index is 511. The quantitative estimate of drug-likeness (QED) is 0.625. The van der Waals surface area contributed by atoms with Gasteiger partial charge in [-0.1, -0.05) is 30.3 Å². The minimum atomic E-state index is -5.31. The fourth-order valence-electron chi connectivity index (χ4n) is 1.70. The first-order valence-electron chi connectivity index (χ1n) is 5.92. The summed E-state index contributed by atoms with van der Waals surface area (Å²) < 4.78 is 85.5. The van der Waals surface area contributed by atoms with Gasteiger partial charge in [0.1, 0.15) is 0 Å². The number of methoxy groups -OCH3 is 1. The molecule has 0 aromatic heterocycles. The highest BCUT2D eigenvalue weighted by Gasteiger charge is 2.64. The number of rotatable bonds is 4. The first-order valence-corrected chi connectivity index (χ1v) is 5.92. The van der Waals surface area contributed by atoms with E-state index in [1.165, 1.54) is 18.2 Å². The van der Waals surface area contributed by atoms with Crippen LogP contribution >= 0.6 is 0 Å². The van der Waals surface area contributed by atoms with Gasteiger partial charge in [-0.15, -0.1) is 0 Å². The molecule has 1 aromatic carbocycles. The van der Waals surface area contributed by atoms with E-state index in [2.05, 4.69) is 9.47 Å². The Morgan fingerprint density at radius 2 is 1.55 bits per heavy atom. The van der Waals surface area contributed by atoms with Crippen molar-refractivity contribution in [3.8, 4) is 0 Å². The Morgan fingerprint density at radius 1 is 1.05 bits per heavy atom. The summed E-state index contributed by atoms with van der Waals surface area (Å²) in [5.41, 5.74) is -4.31. The summed E-state index contributed by atoms with van der Waals surface area (Å²) in [6.45, 7) is 0.430. The van der Waals surface area contributed by atoms with Crippen molar-refractivity contribution >= 4 is 5.97 Å². The van der Waals surface area contributed by atoms with Crippen molar-refractivity contribution in [2.75, 3.05) is 7.11 Å². The molecule has 0 N–H and O–H groups in total. The van der Waals surface area contributed by atoms with Crippen molar-refractivity contribution in [2.45, 2.75) is 31.0 Å². The van der Waals surface area contributed by atoms with Crippen molar-refractivity contribution in [3.05, 3.63) is 35.9 Å². The van der Waals surface area contributed by atoms with E-state index < -0.39 is 35.6 Å².